The predicted molar refractivity (Wildman–Crippen MR) is 116 cm³/mol. The standard InChI is InChI=1S/C22H34O2S2/c1-21(2,3)15-11-12-17(16(13-15)22(4,5)6)26-19-10-8-9-18(19)25-14-20(23)24-7/h11-13,18-19H,8-10,14H2,1-7H3/t18-,19-/m1/s1. The van der Waals surface area contributed by atoms with Gasteiger partial charge in [0.05, 0.1) is 12.9 Å². The van der Waals surface area contributed by atoms with Crippen molar-refractivity contribution >= 4 is 29.5 Å². The van der Waals surface area contributed by atoms with E-state index >= 15 is 0 Å². The van der Waals surface area contributed by atoms with Gasteiger partial charge in [-0.05, 0) is 40.9 Å². The van der Waals surface area contributed by atoms with Gasteiger partial charge in [0.15, 0.2) is 0 Å². The van der Waals surface area contributed by atoms with E-state index < -0.39 is 0 Å². The molecule has 1 aliphatic carbocycles. The first-order valence-corrected chi connectivity index (χ1v) is 11.5. The smallest absolute Gasteiger partial charge is 0.315 e. The normalized spacial score (nSPS) is 21.0. The third-order valence-corrected chi connectivity index (χ3v) is 8.01. The van der Waals surface area contributed by atoms with Gasteiger partial charge in [0.1, 0.15) is 0 Å². The van der Waals surface area contributed by atoms with Crippen molar-refractivity contribution in [2.45, 2.75) is 87.0 Å². The van der Waals surface area contributed by atoms with E-state index in [4.69, 9.17) is 4.74 Å². The molecule has 0 saturated heterocycles. The molecule has 2 atom stereocenters. The molecular formula is C22H34O2S2. The Bertz CT molecular complexity index is 626. The number of hydrogen-bond donors (Lipinski definition) is 0. The molecule has 0 spiro atoms. The molecule has 2 nitrogen and oxygen atoms in total. The van der Waals surface area contributed by atoms with Gasteiger partial charge in [-0.25, -0.2) is 0 Å². The number of ether oxygens (including phenoxy) is 1. The van der Waals surface area contributed by atoms with E-state index in [1.54, 1.807) is 11.8 Å². The van der Waals surface area contributed by atoms with Gasteiger partial charge in [0.25, 0.3) is 0 Å². The molecule has 0 radical (unpaired) electrons. The first-order valence-electron chi connectivity index (χ1n) is 9.52. The molecule has 2 rings (SSSR count). The second-order valence-electron chi connectivity index (χ2n) is 9.22. The summed E-state index contributed by atoms with van der Waals surface area (Å²) in [4.78, 5) is 12.9. The molecule has 0 unspecified atom stereocenters. The average Bonchev–Trinajstić information content (AvgIpc) is 2.98. The van der Waals surface area contributed by atoms with E-state index in [-0.39, 0.29) is 16.8 Å². The van der Waals surface area contributed by atoms with Crippen molar-refractivity contribution in [1.29, 1.82) is 0 Å². The lowest BCUT2D eigenvalue weighted by Gasteiger charge is -2.29. The van der Waals surface area contributed by atoms with Crippen molar-refractivity contribution < 1.29 is 9.53 Å². The van der Waals surface area contributed by atoms with Crippen LogP contribution in [0.15, 0.2) is 23.1 Å². The third kappa shape index (κ3) is 5.69. The van der Waals surface area contributed by atoms with E-state index in [0.717, 1.165) is 0 Å². The number of hydrogen-bond acceptors (Lipinski definition) is 4. The Morgan fingerprint density at radius 2 is 1.73 bits per heavy atom. The fourth-order valence-corrected chi connectivity index (χ4v) is 6.39. The number of methoxy groups -OCH3 is 1. The molecule has 1 aliphatic rings. The van der Waals surface area contributed by atoms with E-state index in [2.05, 4.69) is 59.7 Å². The molecule has 1 fully saturated rings. The molecule has 4 heteroatoms. The minimum absolute atomic E-state index is 0.115. The summed E-state index contributed by atoms with van der Waals surface area (Å²) in [5.41, 5.74) is 3.13. The summed E-state index contributed by atoms with van der Waals surface area (Å²) < 4.78 is 4.81. The second kappa shape index (κ2) is 8.60. The lowest BCUT2D eigenvalue weighted by Crippen LogP contribution is -2.19. The zero-order chi connectivity index (χ0) is 19.5. The monoisotopic (exact) mass is 394 g/mol. The highest BCUT2D eigenvalue weighted by Crippen LogP contribution is 2.44. The number of carbonyl (C=O) groups is 1. The van der Waals surface area contributed by atoms with Gasteiger partial charge in [-0.1, -0.05) is 60.1 Å². The van der Waals surface area contributed by atoms with Gasteiger partial charge < -0.3 is 4.74 Å². The largest absolute Gasteiger partial charge is 0.468 e. The van der Waals surface area contributed by atoms with Crippen LogP contribution in [0.1, 0.15) is 71.9 Å². The van der Waals surface area contributed by atoms with Crippen LogP contribution in [0.5, 0.6) is 0 Å². The number of thioether (sulfide) groups is 2. The molecule has 0 aromatic heterocycles. The van der Waals surface area contributed by atoms with Crippen LogP contribution in [0.25, 0.3) is 0 Å². The molecule has 26 heavy (non-hydrogen) atoms. The predicted octanol–water partition coefficient (Wildman–Crippen LogP) is 6.20. The zero-order valence-corrected chi connectivity index (χ0v) is 19.0. The molecule has 0 heterocycles. The van der Waals surface area contributed by atoms with E-state index in [9.17, 15) is 4.79 Å². The molecular weight excluding hydrogens is 360 g/mol. The fraction of sp³-hybridized carbons (Fsp3) is 0.682. The topological polar surface area (TPSA) is 26.3 Å². The van der Waals surface area contributed by atoms with Crippen molar-refractivity contribution in [2.75, 3.05) is 12.9 Å². The first kappa shape index (κ1) is 21.7. The lowest BCUT2D eigenvalue weighted by atomic mass is 9.81. The van der Waals surface area contributed by atoms with Crippen molar-refractivity contribution in [3.63, 3.8) is 0 Å². The number of benzene rings is 1. The van der Waals surface area contributed by atoms with Crippen LogP contribution in [-0.2, 0) is 20.4 Å². The van der Waals surface area contributed by atoms with Gasteiger partial charge in [-0.2, -0.15) is 0 Å². The van der Waals surface area contributed by atoms with Crippen molar-refractivity contribution in [2.24, 2.45) is 0 Å². The quantitative estimate of drug-likeness (QED) is 0.555. The summed E-state index contributed by atoms with van der Waals surface area (Å²) in [6.07, 6.45) is 3.68. The Labute approximate surface area is 168 Å². The molecule has 0 amide bonds. The van der Waals surface area contributed by atoms with Crippen LogP contribution >= 0.6 is 23.5 Å². The van der Waals surface area contributed by atoms with Crippen LogP contribution in [0.4, 0.5) is 0 Å². The average molecular weight is 395 g/mol. The maximum atomic E-state index is 11.5. The summed E-state index contributed by atoms with van der Waals surface area (Å²) in [7, 11) is 1.47. The highest BCUT2D eigenvalue weighted by Gasteiger charge is 2.31. The molecule has 146 valence electrons. The minimum Gasteiger partial charge on any atom is -0.468 e. The summed E-state index contributed by atoms with van der Waals surface area (Å²) >= 11 is 3.79. The van der Waals surface area contributed by atoms with Crippen molar-refractivity contribution in [3.05, 3.63) is 29.3 Å². The fourth-order valence-electron chi connectivity index (χ4n) is 3.30. The number of carbonyl (C=O) groups excluding carboxylic acids is 1. The Morgan fingerprint density at radius 3 is 2.31 bits per heavy atom. The Kier molecular flexibility index (Phi) is 7.17. The molecule has 0 bridgehead atoms. The summed E-state index contributed by atoms with van der Waals surface area (Å²) in [6.45, 7) is 13.7. The lowest BCUT2D eigenvalue weighted by molar-refractivity contribution is -0.137. The van der Waals surface area contributed by atoms with Gasteiger partial charge in [-0.15, -0.1) is 23.5 Å². The molecule has 0 N–H and O–H groups in total. The highest BCUT2D eigenvalue weighted by molar-refractivity contribution is 8.04. The highest BCUT2D eigenvalue weighted by atomic mass is 32.2. The van der Waals surface area contributed by atoms with Crippen LogP contribution in [0.2, 0.25) is 0 Å². The molecule has 0 aliphatic heterocycles. The van der Waals surface area contributed by atoms with Crippen LogP contribution in [-0.4, -0.2) is 29.3 Å². The maximum Gasteiger partial charge on any atom is 0.315 e. The molecule has 1 aromatic carbocycles. The Balaban J connectivity index is 2.21. The van der Waals surface area contributed by atoms with Gasteiger partial charge in [-0.3, -0.25) is 4.79 Å². The summed E-state index contributed by atoms with van der Waals surface area (Å²) in [5, 5.41) is 1.11. The third-order valence-electron chi connectivity index (χ3n) is 4.97. The summed E-state index contributed by atoms with van der Waals surface area (Å²) in [5.74, 6) is 0.350. The Morgan fingerprint density at radius 1 is 1.08 bits per heavy atom. The van der Waals surface area contributed by atoms with Crippen LogP contribution in [0, 0.1) is 0 Å². The van der Waals surface area contributed by atoms with E-state index in [1.165, 1.54) is 42.4 Å². The molecule has 1 aromatic rings. The first-order chi connectivity index (χ1) is 12.0. The van der Waals surface area contributed by atoms with Crippen molar-refractivity contribution in [3.8, 4) is 0 Å². The number of esters is 1. The van der Waals surface area contributed by atoms with Gasteiger partial charge >= 0.3 is 5.97 Å². The summed E-state index contributed by atoms with van der Waals surface area (Å²) in [6, 6.07) is 7.03. The van der Waals surface area contributed by atoms with Crippen molar-refractivity contribution in [1.82, 2.24) is 0 Å². The van der Waals surface area contributed by atoms with Crippen LogP contribution < -0.4 is 0 Å². The molecule has 1 saturated carbocycles. The minimum atomic E-state index is -0.115. The second-order valence-corrected chi connectivity index (χ2v) is 11.7. The SMILES string of the molecule is COC(=O)CS[C@@H]1CCC[C@H]1Sc1ccc(C(C)(C)C)cc1C(C)(C)C. The zero-order valence-electron chi connectivity index (χ0n) is 17.3. The maximum absolute atomic E-state index is 11.5. The van der Waals surface area contributed by atoms with E-state index in [1.807, 2.05) is 11.8 Å². The van der Waals surface area contributed by atoms with Crippen LogP contribution in [0.3, 0.4) is 0 Å². The van der Waals surface area contributed by atoms with Gasteiger partial charge in [0.2, 0.25) is 0 Å². The Hall–Kier alpha value is -0.610. The number of rotatable bonds is 5. The van der Waals surface area contributed by atoms with E-state index in [0.29, 0.717) is 16.3 Å². The van der Waals surface area contributed by atoms with Gasteiger partial charge in [0, 0.05) is 15.4 Å².